The molecule has 1 aliphatic rings. The highest BCUT2D eigenvalue weighted by Crippen LogP contribution is 2.27. The van der Waals surface area contributed by atoms with Gasteiger partial charge in [0.1, 0.15) is 5.75 Å². The van der Waals surface area contributed by atoms with E-state index in [9.17, 15) is 5.11 Å². The molecule has 142 valence electrons. The number of hydrogen-bond donors (Lipinski definition) is 1. The van der Waals surface area contributed by atoms with Crippen LogP contribution in [0.3, 0.4) is 0 Å². The summed E-state index contributed by atoms with van der Waals surface area (Å²) in [4.78, 5) is 2.44. The molecule has 0 bridgehead atoms. The third kappa shape index (κ3) is 5.46. The van der Waals surface area contributed by atoms with E-state index in [-0.39, 0.29) is 6.10 Å². The number of aliphatic hydroxyl groups is 1. The van der Waals surface area contributed by atoms with Gasteiger partial charge in [-0.2, -0.15) is 0 Å². The van der Waals surface area contributed by atoms with Gasteiger partial charge in [-0.25, -0.2) is 0 Å². The topological polar surface area (TPSA) is 32.7 Å². The van der Waals surface area contributed by atoms with Crippen LogP contribution in [0.1, 0.15) is 57.4 Å². The van der Waals surface area contributed by atoms with E-state index in [2.05, 4.69) is 48.2 Å². The van der Waals surface area contributed by atoms with Crippen LogP contribution in [0, 0.1) is 0 Å². The van der Waals surface area contributed by atoms with E-state index < -0.39 is 0 Å². The van der Waals surface area contributed by atoms with Crippen molar-refractivity contribution in [2.75, 3.05) is 19.7 Å². The van der Waals surface area contributed by atoms with Gasteiger partial charge in [0.15, 0.2) is 0 Å². The number of unbranched alkanes of at least 4 members (excludes halogenated alkanes) is 4. The number of piperidine rings is 1. The third-order valence-corrected chi connectivity index (χ3v) is 5.37. The third-order valence-electron chi connectivity index (χ3n) is 5.37. The molecule has 0 radical (unpaired) electrons. The number of hydrogen-bond acceptors (Lipinski definition) is 3. The number of benzene rings is 2. The average molecular weight is 356 g/mol. The van der Waals surface area contributed by atoms with E-state index >= 15 is 0 Å². The van der Waals surface area contributed by atoms with Crippen LogP contribution in [-0.4, -0.2) is 35.8 Å². The lowest BCUT2D eigenvalue weighted by molar-refractivity contribution is 0.0792. The van der Waals surface area contributed by atoms with Gasteiger partial charge in [-0.05, 0) is 42.3 Å². The summed E-state index contributed by atoms with van der Waals surface area (Å²) in [6.45, 7) is 5.99. The lowest BCUT2D eigenvalue weighted by Crippen LogP contribution is -2.35. The zero-order chi connectivity index (χ0) is 18.2. The van der Waals surface area contributed by atoms with Crippen LogP contribution in [0.25, 0.3) is 10.8 Å². The Morgan fingerprint density at radius 3 is 2.65 bits per heavy atom. The molecule has 0 aliphatic carbocycles. The quantitative estimate of drug-likeness (QED) is 0.632. The summed E-state index contributed by atoms with van der Waals surface area (Å²) in [7, 11) is 0. The molecule has 0 aromatic heterocycles. The lowest BCUT2D eigenvalue weighted by Gasteiger charge is -2.29. The van der Waals surface area contributed by atoms with Crippen LogP contribution in [0.5, 0.6) is 5.75 Å². The Labute approximate surface area is 158 Å². The predicted octanol–water partition coefficient (Wildman–Crippen LogP) is 5.15. The highest BCUT2D eigenvalue weighted by Gasteiger charge is 2.17. The van der Waals surface area contributed by atoms with Crippen LogP contribution in [-0.2, 0) is 6.54 Å². The van der Waals surface area contributed by atoms with Gasteiger partial charge in [0, 0.05) is 25.0 Å². The first kappa shape index (κ1) is 19.2. The number of nitrogens with zero attached hydrogens (tertiary/aromatic N) is 1. The van der Waals surface area contributed by atoms with Gasteiger partial charge in [0.25, 0.3) is 0 Å². The fraction of sp³-hybridized carbons (Fsp3) is 0.565. The fourth-order valence-electron chi connectivity index (χ4n) is 3.75. The monoisotopic (exact) mass is 355 g/mol. The Balaban J connectivity index is 1.58. The highest BCUT2D eigenvalue weighted by molar-refractivity contribution is 5.88. The molecule has 26 heavy (non-hydrogen) atoms. The normalized spacial score (nSPS) is 16.2. The van der Waals surface area contributed by atoms with Gasteiger partial charge >= 0.3 is 0 Å². The molecule has 3 rings (SSSR count). The van der Waals surface area contributed by atoms with Crippen molar-refractivity contribution in [3.8, 4) is 5.75 Å². The Kier molecular flexibility index (Phi) is 7.33. The molecule has 0 saturated carbocycles. The maximum atomic E-state index is 9.66. The molecule has 1 heterocycles. The molecule has 0 amide bonds. The van der Waals surface area contributed by atoms with E-state index in [1.54, 1.807) is 0 Å². The summed E-state index contributed by atoms with van der Waals surface area (Å²) in [6.07, 6.45) is 7.99. The lowest BCUT2D eigenvalue weighted by atomic mass is 10.0. The summed E-state index contributed by atoms with van der Waals surface area (Å²) in [5.74, 6) is 1.01. The highest BCUT2D eigenvalue weighted by atomic mass is 16.5. The van der Waals surface area contributed by atoms with E-state index in [1.807, 2.05) is 0 Å². The van der Waals surface area contributed by atoms with Crippen LogP contribution < -0.4 is 4.74 Å². The summed E-state index contributed by atoms with van der Waals surface area (Å²) in [5.41, 5.74) is 1.34. The van der Waals surface area contributed by atoms with Gasteiger partial charge in [-0.3, -0.25) is 4.90 Å². The van der Waals surface area contributed by atoms with E-state index in [0.717, 1.165) is 51.3 Å². The van der Waals surface area contributed by atoms with Crippen molar-refractivity contribution < 1.29 is 9.84 Å². The average Bonchev–Trinajstić information content (AvgIpc) is 2.66. The smallest absolute Gasteiger partial charge is 0.127 e. The molecule has 1 N–H and O–H groups in total. The maximum Gasteiger partial charge on any atom is 0.127 e. The van der Waals surface area contributed by atoms with Crippen molar-refractivity contribution in [1.29, 1.82) is 0 Å². The minimum absolute atomic E-state index is 0.107. The first-order chi connectivity index (χ1) is 12.8. The predicted molar refractivity (Wildman–Crippen MR) is 109 cm³/mol. The van der Waals surface area contributed by atoms with Crippen LogP contribution in [0.15, 0.2) is 36.4 Å². The van der Waals surface area contributed by atoms with Gasteiger partial charge in [0.2, 0.25) is 0 Å². The molecule has 0 atom stereocenters. The maximum absolute atomic E-state index is 9.66. The molecule has 1 aliphatic heterocycles. The molecule has 3 nitrogen and oxygen atoms in total. The second-order valence-corrected chi connectivity index (χ2v) is 7.58. The summed E-state index contributed by atoms with van der Waals surface area (Å²) in [6, 6.07) is 13.1. The minimum Gasteiger partial charge on any atom is -0.493 e. The number of aliphatic hydroxyl groups excluding tert-OH is 1. The van der Waals surface area contributed by atoms with Gasteiger partial charge in [-0.1, -0.05) is 56.9 Å². The number of likely N-dealkylation sites (tertiary alicyclic amines) is 1. The Morgan fingerprint density at radius 2 is 1.85 bits per heavy atom. The minimum atomic E-state index is -0.107. The van der Waals surface area contributed by atoms with Crippen molar-refractivity contribution in [1.82, 2.24) is 4.90 Å². The Hall–Kier alpha value is -1.58. The zero-order valence-electron chi connectivity index (χ0n) is 16.1. The summed E-state index contributed by atoms with van der Waals surface area (Å²) in [5, 5.41) is 12.1. The SMILES string of the molecule is CCCCCCCOc1cccc2cc(CN3CCC(O)CC3)ccc12. The molecular formula is C23H33NO2. The molecule has 0 unspecified atom stereocenters. The van der Waals surface area contributed by atoms with Crippen molar-refractivity contribution >= 4 is 10.8 Å². The summed E-state index contributed by atoms with van der Waals surface area (Å²) < 4.78 is 6.06. The summed E-state index contributed by atoms with van der Waals surface area (Å²) >= 11 is 0. The molecule has 0 spiro atoms. The number of ether oxygens (including phenoxy) is 1. The van der Waals surface area contributed by atoms with Gasteiger partial charge in [0.05, 0.1) is 12.7 Å². The Bertz CT molecular complexity index is 677. The van der Waals surface area contributed by atoms with Crippen LogP contribution in [0.4, 0.5) is 0 Å². The molecule has 2 aromatic carbocycles. The molecule has 1 saturated heterocycles. The van der Waals surface area contributed by atoms with Gasteiger partial charge in [-0.15, -0.1) is 0 Å². The first-order valence-electron chi connectivity index (χ1n) is 10.3. The number of fused-ring (bicyclic) bond motifs is 1. The van der Waals surface area contributed by atoms with E-state index in [4.69, 9.17) is 4.74 Å². The van der Waals surface area contributed by atoms with Crippen molar-refractivity contribution in [3.05, 3.63) is 42.0 Å². The molecule has 3 heteroatoms. The standard InChI is InChI=1S/C23H33NO2/c1-2-3-4-5-6-16-26-23-9-7-8-20-17-19(10-11-22(20)23)18-24-14-12-21(25)13-15-24/h7-11,17,21,25H,2-6,12-16,18H2,1H3. The second kappa shape index (κ2) is 9.94. The Morgan fingerprint density at radius 1 is 1.04 bits per heavy atom. The molecule has 1 fully saturated rings. The number of rotatable bonds is 9. The second-order valence-electron chi connectivity index (χ2n) is 7.58. The van der Waals surface area contributed by atoms with Crippen molar-refractivity contribution in [3.63, 3.8) is 0 Å². The molecular weight excluding hydrogens is 322 g/mol. The first-order valence-corrected chi connectivity index (χ1v) is 10.3. The van der Waals surface area contributed by atoms with E-state index in [1.165, 1.54) is 42.0 Å². The van der Waals surface area contributed by atoms with Crippen LogP contribution in [0.2, 0.25) is 0 Å². The zero-order valence-corrected chi connectivity index (χ0v) is 16.1. The van der Waals surface area contributed by atoms with Crippen LogP contribution >= 0.6 is 0 Å². The molecule has 2 aromatic rings. The van der Waals surface area contributed by atoms with Gasteiger partial charge < -0.3 is 9.84 Å². The van der Waals surface area contributed by atoms with Crippen molar-refractivity contribution in [2.45, 2.75) is 64.5 Å². The van der Waals surface area contributed by atoms with E-state index in [0.29, 0.717) is 0 Å². The fourth-order valence-corrected chi connectivity index (χ4v) is 3.75. The largest absolute Gasteiger partial charge is 0.493 e. The van der Waals surface area contributed by atoms with Crippen molar-refractivity contribution in [2.24, 2.45) is 0 Å².